The first-order chi connectivity index (χ1) is 15.1. The number of hydrogen-bond donors (Lipinski definition) is 2. The van der Waals surface area contributed by atoms with E-state index in [-0.39, 0.29) is 11.9 Å². The zero-order valence-electron chi connectivity index (χ0n) is 17.4. The Morgan fingerprint density at radius 2 is 1.45 bits per heavy atom. The fourth-order valence-corrected chi connectivity index (χ4v) is 3.57. The number of amides is 3. The molecule has 6 heteroatoms. The molecule has 31 heavy (non-hydrogen) atoms. The number of benzene rings is 3. The number of aryl methyl sites for hydroxylation is 1. The number of nitrogens with one attached hydrogen (secondary N) is 2. The Hall–Kier alpha value is -3.80. The molecule has 1 fully saturated rings. The van der Waals surface area contributed by atoms with Gasteiger partial charge < -0.3 is 20.3 Å². The van der Waals surface area contributed by atoms with E-state index in [1.807, 2.05) is 61.5 Å². The zero-order valence-corrected chi connectivity index (χ0v) is 17.4. The van der Waals surface area contributed by atoms with Crippen molar-refractivity contribution in [2.24, 2.45) is 0 Å². The van der Waals surface area contributed by atoms with Crippen LogP contribution in [0.15, 0.2) is 78.9 Å². The second-order valence-electron chi connectivity index (χ2n) is 7.58. The topological polar surface area (TPSA) is 70.7 Å². The minimum Gasteiger partial charge on any atom is -0.457 e. The number of rotatable bonds is 5. The molecular weight excluding hydrogens is 390 g/mol. The number of urea groups is 1. The maximum atomic E-state index is 12.8. The second kappa shape index (κ2) is 9.34. The summed E-state index contributed by atoms with van der Waals surface area (Å²) in [6.45, 7) is 2.55. The summed E-state index contributed by atoms with van der Waals surface area (Å²) in [7, 11) is 0. The standard InChI is InChI=1S/C25H25N3O3/c1-18-9-11-20(12-10-18)27-25(30)28-17-5-8-23(28)24(29)26-19-13-15-22(16-14-19)31-21-6-3-2-4-7-21/h2-4,6-7,9-16,23H,5,8,17H2,1H3,(H,26,29)(H,27,30)/t23-/m0/s1. The first-order valence-corrected chi connectivity index (χ1v) is 10.4. The Morgan fingerprint density at radius 1 is 0.839 bits per heavy atom. The number of anilines is 2. The average Bonchev–Trinajstić information content (AvgIpc) is 3.28. The summed E-state index contributed by atoms with van der Waals surface area (Å²) in [5.41, 5.74) is 2.50. The first-order valence-electron chi connectivity index (χ1n) is 10.4. The van der Waals surface area contributed by atoms with Crippen LogP contribution in [0.3, 0.4) is 0 Å². The minimum atomic E-state index is -0.495. The Bertz CT molecular complexity index is 1030. The van der Waals surface area contributed by atoms with Gasteiger partial charge in [-0.15, -0.1) is 0 Å². The van der Waals surface area contributed by atoms with Gasteiger partial charge in [-0.1, -0.05) is 35.9 Å². The van der Waals surface area contributed by atoms with E-state index in [9.17, 15) is 9.59 Å². The van der Waals surface area contributed by atoms with Gasteiger partial charge in [0.1, 0.15) is 17.5 Å². The molecule has 6 nitrogen and oxygen atoms in total. The van der Waals surface area contributed by atoms with E-state index in [0.29, 0.717) is 24.4 Å². The van der Waals surface area contributed by atoms with Gasteiger partial charge in [-0.2, -0.15) is 0 Å². The molecule has 0 unspecified atom stereocenters. The van der Waals surface area contributed by atoms with Crippen molar-refractivity contribution in [3.63, 3.8) is 0 Å². The number of likely N-dealkylation sites (tertiary alicyclic amines) is 1. The van der Waals surface area contributed by atoms with E-state index >= 15 is 0 Å². The quantitative estimate of drug-likeness (QED) is 0.584. The van der Waals surface area contributed by atoms with Crippen LogP contribution in [-0.4, -0.2) is 29.4 Å². The molecule has 3 amide bonds. The lowest BCUT2D eigenvalue weighted by Gasteiger charge is -2.24. The number of carbonyl (C=O) groups is 2. The van der Waals surface area contributed by atoms with Crippen LogP contribution in [0.4, 0.5) is 16.2 Å². The lowest BCUT2D eigenvalue weighted by atomic mass is 10.2. The largest absolute Gasteiger partial charge is 0.457 e. The van der Waals surface area contributed by atoms with Crippen LogP contribution in [0.2, 0.25) is 0 Å². The molecule has 3 aromatic rings. The molecule has 1 aliphatic rings. The molecule has 158 valence electrons. The highest BCUT2D eigenvalue weighted by atomic mass is 16.5. The van der Waals surface area contributed by atoms with Crippen LogP contribution < -0.4 is 15.4 Å². The van der Waals surface area contributed by atoms with Crippen molar-refractivity contribution < 1.29 is 14.3 Å². The molecule has 0 bridgehead atoms. The van der Waals surface area contributed by atoms with Crippen LogP contribution >= 0.6 is 0 Å². The van der Waals surface area contributed by atoms with Crippen LogP contribution in [0, 0.1) is 6.92 Å². The van der Waals surface area contributed by atoms with Gasteiger partial charge in [0.15, 0.2) is 0 Å². The highest BCUT2D eigenvalue weighted by molar-refractivity contribution is 5.99. The van der Waals surface area contributed by atoms with Gasteiger partial charge in [-0.05, 0) is 68.3 Å². The van der Waals surface area contributed by atoms with Gasteiger partial charge in [0.25, 0.3) is 0 Å². The normalized spacial score (nSPS) is 15.4. The summed E-state index contributed by atoms with van der Waals surface area (Å²) in [6, 6.07) is 23.6. The van der Waals surface area contributed by atoms with E-state index < -0.39 is 6.04 Å². The van der Waals surface area contributed by atoms with E-state index in [2.05, 4.69) is 10.6 Å². The van der Waals surface area contributed by atoms with Gasteiger partial charge in [0, 0.05) is 17.9 Å². The van der Waals surface area contributed by atoms with Crippen molar-refractivity contribution in [2.45, 2.75) is 25.8 Å². The molecule has 0 spiro atoms. The van der Waals surface area contributed by atoms with Crippen molar-refractivity contribution in [3.05, 3.63) is 84.4 Å². The van der Waals surface area contributed by atoms with Crippen molar-refractivity contribution >= 4 is 23.3 Å². The lowest BCUT2D eigenvalue weighted by molar-refractivity contribution is -0.119. The molecule has 4 rings (SSSR count). The highest BCUT2D eigenvalue weighted by Gasteiger charge is 2.34. The van der Waals surface area contributed by atoms with Gasteiger partial charge >= 0.3 is 6.03 Å². The van der Waals surface area contributed by atoms with Crippen LogP contribution in [0.5, 0.6) is 11.5 Å². The summed E-state index contributed by atoms with van der Waals surface area (Å²) in [6.07, 6.45) is 1.44. The van der Waals surface area contributed by atoms with E-state index in [1.54, 1.807) is 29.2 Å². The third kappa shape index (κ3) is 5.22. The average molecular weight is 415 g/mol. The molecule has 3 aromatic carbocycles. The van der Waals surface area contributed by atoms with Crippen molar-refractivity contribution in [3.8, 4) is 11.5 Å². The van der Waals surface area contributed by atoms with E-state index in [4.69, 9.17) is 4.74 Å². The fraction of sp³-hybridized carbons (Fsp3) is 0.200. The van der Waals surface area contributed by atoms with Crippen molar-refractivity contribution in [2.75, 3.05) is 17.2 Å². The molecule has 1 atom stereocenters. The first kappa shape index (κ1) is 20.5. The molecule has 2 N–H and O–H groups in total. The second-order valence-corrected chi connectivity index (χ2v) is 7.58. The maximum Gasteiger partial charge on any atom is 0.322 e. The molecular formula is C25H25N3O3. The summed E-state index contributed by atoms with van der Waals surface area (Å²) < 4.78 is 5.78. The number of ether oxygens (including phenoxy) is 1. The highest BCUT2D eigenvalue weighted by Crippen LogP contribution is 2.24. The molecule has 1 heterocycles. The summed E-state index contributed by atoms with van der Waals surface area (Å²) in [5.74, 6) is 1.25. The van der Waals surface area contributed by atoms with Gasteiger partial charge in [0.2, 0.25) is 5.91 Å². The van der Waals surface area contributed by atoms with Gasteiger partial charge in [-0.3, -0.25) is 4.79 Å². The molecule has 0 aliphatic carbocycles. The SMILES string of the molecule is Cc1ccc(NC(=O)N2CCC[C@H]2C(=O)Nc2ccc(Oc3ccccc3)cc2)cc1. The third-order valence-electron chi connectivity index (χ3n) is 5.22. The Balaban J connectivity index is 1.35. The summed E-state index contributed by atoms with van der Waals surface area (Å²) in [4.78, 5) is 27.1. The van der Waals surface area contributed by atoms with Crippen LogP contribution in [0.1, 0.15) is 18.4 Å². The van der Waals surface area contributed by atoms with Crippen LogP contribution in [0.25, 0.3) is 0 Å². The van der Waals surface area contributed by atoms with Crippen LogP contribution in [-0.2, 0) is 4.79 Å². The molecule has 0 saturated carbocycles. The number of nitrogens with zero attached hydrogens (tertiary/aromatic N) is 1. The number of carbonyl (C=O) groups excluding carboxylic acids is 2. The smallest absolute Gasteiger partial charge is 0.322 e. The monoisotopic (exact) mass is 415 g/mol. The van der Waals surface area contributed by atoms with Gasteiger partial charge in [0.05, 0.1) is 0 Å². The Kier molecular flexibility index (Phi) is 6.17. The predicted octanol–water partition coefficient (Wildman–Crippen LogP) is 5.42. The number of para-hydroxylation sites is 1. The molecule has 1 saturated heterocycles. The third-order valence-corrected chi connectivity index (χ3v) is 5.22. The number of hydrogen-bond acceptors (Lipinski definition) is 3. The predicted molar refractivity (Wildman–Crippen MR) is 122 cm³/mol. The van der Waals surface area contributed by atoms with Crippen molar-refractivity contribution in [1.82, 2.24) is 4.90 Å². The Morgan fingerprint density at radius 3 is 2.16 bits per heavy atom. The molecule has 0 aromatic heterocycles. The van der Waals surface area contributed by atoms with Crippen molar-refractivity contribution in [1.29, 1.82) is 0 Å². The van der Waals surface area contributed by atoms with Gasteiger partial charge in [-0.25, -0.2) is 4.79 Å². The zero-order chi connectivity index (χ0) is 21.6. The summed E-state index contributed by atoms with van der Waals surface area (Å²) in [5, 5.41) is 5.80. The van der Waals surface area contributed by atoms with E-state index in [1.165, 1.54) is 0 Å². The fourth-order valence-electron chi connectivity index (χ4n) is 3.57. The Labute approximate surface area is 181 Å². The van der Waals surface area contributed by atoms with E-state index in [0.717, 1.165) is 23.4 Å². The molecule has 0 radical (unpaired) electrons. The minimum absolute atomic E-state index is 0.187. The maximum absolute atomic E-state index is 12.8. The molecule has 1 aliphatic heterocycles. The lowest BCUT2D eigenvalue weighted by Crippen LogP contribution is -2.45. The summed E-state index contributed by atoms with van der Waals surface area (Å²) >= 11 is 0.